The van der Waals surface area contributed by atoms with Crippen molar-refractivity contribution in [1.29, 1.82) is 0 Å². The molecule has 0 radical (unpaired) electrons. The van der Waals surface area contributed by atoms with E-state index in [-0.39, 0.29) is 0 Å². The number of hydrogen-bond donors (Lipinski definition) is 0. The molecule has 0 bridgehead atoms. The maximum Gasteiger partial charge on any atom is 0.369 e. The van der Waals surface area contributed by atoms with E-state index in [1.807, 2.05) is 6.92 Å². The van der Waals surface area contributed by atoms with E-state index in [0.717, 1.165) is 31.6 Å². The molecule has 2 heterocycles. The van der Waals surface area contributed by atoms with E-state index in [0.29, 0.717) is 16.8 Å². The molecular weight excluding hydrogens is 295 g/mol. The molecular formula is C18H21FN2O2. The summed E-state index contributed by atoms with van der Waals surface area (Å²) >= 11 is 0. The summed E-state index contributed by atoms with van der Waals surface area (Å²) in [4.78, 5) is 19.2. The molecule has 0 aliphatic carbocycles. The van der Waals surface area contributed by atoms with Crippen LogP contribution in [0.4, 0.5) is 4.39 Å². The minimum Gasteiger partial charge on any atom is -0.374 e. The maximum atomic E-state index is 14.1. The van der Waals surface area contributed by atoms with Crippen LogP contribution in [0.15, 0.2) is 40.7 Å². The Morgan fingerprint density at radius 3 is 2.48 bits per heavy atom. The third kappa shape index (κ3) is 3.28. The van der Waals surface area contributed by atoms with Gasteiger partial charge in [0.2, 0.25) is 0 Å². The molecule has 0 atom stereocenters. The second kappa shape index (κ2) is 6.94. The zero-order chi connectivity index (χ0) is 16.2. The molecule has 4 nitrogen and oxygen atoms in total. The third-order valence-corrected chi connectivity index (χ3v) is 4.48. The SMILES string of the molecule is CC(=C1C(=O)ON=C1c1ccccc1F)N1CCCCCCC1. The van der Waals surface area contributed by atoms with E-state index in [2.05, 4.69) is 10.1 Å². The lowest BCUT2D eigenvalue weighted by molar-refractivity contribution is -0.137. The Bertz CT molecular complexity index is 659. The molecule has 1 aromatic carbocycles. The van der Waals surface area contributed by atoms with Gasteiger partial charge in [-0.05, 0) is 31.9 Å². The molecule has 122 valence electrons. The summed E-state index contributed by atoms with van der Waals surface area (Å²) in [6.07, 6.45) is 5.89. The molecule has 23 heavy (non-hydrogen) atoms. The van der Waals surface area contributed by atoms with Gasteiger partial charge in [0, 0.05) is 24.4 Å². The molecule has 1 aromatic rings. The molecule has 1 fully saturated rings. The second-order valence-electron chi connectivity index (χ2n) is 6.01. The highest BCUT2D eigenvalue weighted by Crippen LogP contribution is 2.25. The summed E-state index contributed by atoms with van der Waals surface area (Å²) in [5.74, 6) is -0.898. The summed E-state index contributed by atoms with van der Waals surface area (Å²) in [5.41, 5.74) is 1.82. The van der Waals surface area contributed by atoms with Gasteiger partial charge in [-0.25, -0.2) is 9.18 Å². The average Bonchev–Trinajstić information content (AvgIpc) is 2.88. The van der Waals surface area contributed by atoms with Crippen LogP contribution in [0.5, 0.6) is 0 Å². The predicted molar refractivity (Wildman–Crippen MR) is 86.4 cm³/mol. The number of oxime groups is 1. The number of rotatable bonds is 2. The highest BCUT2D eigenvalue weighted by molar-refractivity contribution is 6.29. The van der Waals surface area contributed by atoms with Gasteiger partial charge in [0.05, 0.1) is 0 Å². The second-order valence-corrected chi connectivity index (χ2v) is 6.01. The molecule has 1 saturated heterocycles. The molecule has 3 rings (SSSR count). The number of carbonyl (C=O) groups is 1. The fourth-order valence-corrected chi connectivity index (χ4v) is 3.17. The fraction of sp³-hybridized carbons (Fsp3) is 0.444. The van der Waals surface area contributed by atoms with E-state index in [9.17, 15) is 9.18 Å². The Morgan fingerprint density at radius 2 is 1.78 bits per heavy atom. The average molecular weight is 316 g/mol. The molecule has 0 N–H and O–H groups in total. The lowest BCUT2D eigenvalue weighted by atomic mass is 9.99. The molecule has 0 spiro atoms. The first-order valence-electron chi connectivity index (χ1n) is 8.19. The highest BCUT2D eigenvalue weighted by atomic mass is 19.1. The van der Waals surface area contributed by atoms with Gasteiger partial charge < -0.3 is 9.74 Å². The Morgan fingerprint density at radius 1 is 1.13 bits per heavy atom. The van der Waals surface area contributed by atoms with Crippen LogP contribution >= 0.6 is 0 Å². The van der Waals surface area contributed by atoms with Crippen LogP contribution in [0, 0.1) is 5.82 Å². The number of halogens is 1. The smallest absolute Gasteiger partial charge is 0.369 e. The van der Waals surface area contributed by atoms with E-state index < -0.39 is 11.8 Å². The van der Waals surface area contributed by atoms with Gasteiger partial charge in [-0.15, -0.1) is 0 Å². The van der Waals surface area contributed by atoms with Crippen LogP contribution in [-0.4, -0.2) is 29.7 Å². The third-order valence-electron chi connectivity index (χ3n) is 4.48. The standard InChI is InChI=1S/C18H21FN2O2/c1-13(21-11-7-3-2-4-8-12-21)16-17(20-23-18(16)22)14-9-5-6-10-15(14)19/h5-6,9-10H,2-4,7-8,11-12H2,1H3. The van der Waals surface area contributed by atoms with Crippen LogP contribution < -0.4 is 0 Å². The van der Waals surface area contributed by atoms with Crippen LogP contribution in [0.3, 0.4) is 0 Å². The van der Waals surface area contributed by atoms with Crippen molar-refractivity contribution in [3.8, 4) is 0 Å². The summed E-state index contributed by atoms with van der Waals surface area (Å²) in [6, 6.07) is 6.33. The zero-order valence-corrected chi connectivity index (χ0v) is 13.3. The summed E-state index contributed by atoms with van der Waals surface area (Å²) in [7, 11) is 0. The van der Waals surface area contributed by atoms with E-state index in [1.165, 1.54) is 25.3 Å². The number of allylic oxidation sites excluding steroid dienone is 1. The Balaban J connectivity index is 1.95. The van der Waals surface area contributed by atoms with Crippen molar-refractivity contribution < 1.29 is 14.0 Å². The summed E-state index contributed by atoms with van der Waals surface area (Å²) in [6.45, 7) is 3.72. The van der Waals surface area contributed by atoms with Crippen molar-refractivity contribution in [3.05, 3.63) is 46.9 Å². The molecule has 0 unspecified atom stereocenters. The van der Waals surface area contributed by atoms with Crippen LogP contribution in [-0.2, 0) is 9.63 Å². The molecule has 2 aliphatic heterocycles. The highest BCUT2D eigenvalue weighted by Gasteiger charge is 2.32. The first kappa shape index (κ1) is 15.7. The number of nitrogens with zero attached hydrogens (tertiary/aromatic N) is 2. The number of hydrogen-bond acceptors (Lipinski definition) is 4. The maximum absolute atomic E-state index is 14.1. The summed E-state index contributed by atoms with van der Waals surface area (Å²) < 4.78 is 14.1. The Kier molecular flexibility index (Phi) is 4.74. The zero-order valence-electron chi connectivity index (χ0n) is 13.3. The van der Waals surface area contributed by atoms with Crippen LogP contribution in [0.1, 0.15) is 44.6 Å². The van der Waals surface area contributed by atoms with Crippen LogP contribution in [0.25, 0.3) is 0 Å². The van der Waals surface area contributed by atoms with E-state index in [1.54, 1.807) is 18.2 Å². The van der Waals surface area contributed by atoms with Gasteiger partial charge in [-0.2, -0.15) is 0 Å². The molecule has 0 amide bonds. The van der Waals surface area contributed by atoms with Crippen molar-refractivity contribution in [2.45, 2.75) is 39.0 Å². The van der Waals surface area contributed by atoms with Gasteiger partial charge in [0.25, 0.3) is 0 Å². The van der Waals surface area contributed by atoms with Crippen molar-refractivity contribution in [3.63, 3.8) is 0 Å². The largest absolute Gasteiger partial charge is 0.374 e. The summed E-state index contributed by atoms with van der Waals surface area (Å²) in [5, 5.41) is 3.83. The van der Waals surface area contributed by atoms with Gasteiger partial charge in [-0.1, -0.05) is 36.6 Å². The van der Waals surface area contributed by atoms with E-state index in [4.69, 9.17) is 4.84 Å². The van der Waals surface area contributed by atoms with Crippen molar-refractivity contribution in [2.75, 3.05) is 13.1 Å². The van der Waals surface area contributed by atoms with Crippen LogP contribution in [0.2, 0.25) is 0 Å². The Hall–Kier alpha value is -2.17. The first-order chi connectivity index (χ1) is 11.2. The fourth-order valence-electron chi connectivity index (χ4n) is 3.17. The van der Waals surface area contributed by atoms with Gasteiger partial charge in [0.15, 0.2) is 0 Å². The lowest BCUT2D eigenvalue weighted by Crippen LogP contribution is -2.29. The van der Waals surface area contributed by atoms with Gasteiger partial charge in [-0.3, -0.25) is 0 Å². The lowest BCUT2D eigenvalue weighted by Gasteiger charge is -2.28. The first-order valence-corrected chi connectivity index (χ1v) is 8.19. The Labute approximate surface area is 135 Å². The predicted octanol–water partition coefficient (Wildman–Crippen LogP) is 3.63. The minimum absolute atomic E-state index is 0.299. The minimum atomic E-state index is -0.497. The van der Waals surface area contributed by atoms with Crippen molar-refractivity contribution in [2.24, 2.45) is 5.16 Å². The molecule has 0 saturated carbocycles. The van der Waals surface area contributed by atoms with Gasteiger partial charge in [0.1, 0.15) is 17.1 Å². The molecule has 2 aliphatic rings. The van der Waals surface area contributed by atoms with Crippen molar-refractivity contribution >= 4 is 11.7 Å². The van der Waals surface area contributed by atoms with Gasteiger partial charge >= 0.3 is 5.97 Å². The number of likely N-dealkylation sites (tertiary alicyclic amines) is 1. The number of benzene rings is 1. The normalized spacial score (nSPS) is 21.4. The number of carbonyl (C=O) groups excluding carboxylic acids is 1. The molecule has 5 heteroatoms. The quantitative estimate of drug-likeness (QED) is 0.618. The molecule has 0 aromatic heterocycles. The van der Waals surface area contributed by atoms with Crippen molar-refractivity contribution in [1.82, 2.24) is 4.90 Å². The monoisotopic (exact) mass is 316 g/mol. The topological polar surface area (TPSA) is 41.9 Å². The van der Waals surface area contributed by atoms with E-state index >= 15 is 0 Å².